The van der Waals surface area contributed by atoms with Gasteiger partial charge in [-0.1, -0.05) is 73.4 Å². The highest BCUT2D eigenvalue weighted by Crippen LogP contribution is 2.31. The van der Waals surface area contributed by atoms with Gasteiger partial charge in [0.25, 0.3) is 0 Å². The highest BCUT2D eigenvalue weighted by Gasteiger charge is 2.14. The normalized spacial score (nSPS) is 12.7. The van der Waals surface area contributed by atoms with Crippen molar-refractivity contribution in [3.8, 4) is 0 Å². The fraction of sp³-hybridized carbons (Fsp3) is 0.294. The van der Waals surface area contributed by atoms with E-state index in [1.54, 1.807) is 18.2 Å². The van der Waals surface area contributed by atoms with Crippen LogP contribution in [0.2, 0.25) is 10.0 Å². The highest BCUT2D eigenvalue weighted by molar-refractivity contribution is 6.42. The van der Waals surface area contributed by atoms with E-state index in [0.717, 1.165) is 5.56 Å². The molecule has 1 N–H and O–H groups in total. The third-order valence-electron chi connectivity index (χ3n) is 3.42. The highest BCUT2D eigenvalue weighted by atomic mass is 35.5. The second-order valence-electron chi connectivity index (χ2n) is 5.26. The molecule has 0 aliphatic carbocycles. The molecule has 0 radical (unpaired) electrons. The zero-order chi connectivity index (χ0) is 14.7. The maximum absolute atomic E-state index is 10.3. The summed E-state index contributed by atoms with van der Waals surface area (Å²) < 4.78 is 0. The Bertz CT molecular complexity index is 576. The first-order valence-electron chi connectivity index (χ1n) is 6.70. The van der Waals surface area contributed by atoms with Crippen LogP contribution in [-0.4, -0.2) is 5.11 Å². The number of benzene rings is 2. The van der Waals surface area contributed by atoms with Gasteiger partial charge in [0.15, 0.2) is 0 Å². The third kappa shape index (κ3) is 3.54. The number of aliphatic hydroxyl groups excluding tert-OH is 1. The molecular formula is C17H18Cl2O. The van der Waals surface area contributed by atoms with Gasteiger partial charge in [-0.05, 0) is 23.1 Å². The largest absolute Gasteiger partial charge is 0.388 e. The summed E-state index contributed by atoms with van der Waals surface area (Å²) in [6.07, 6.45) is -0.121. The van der Waals surface area contributed by atoms with E-state index in [2.05, 4.69) is 38.1 Å². The smallest absolute Gasteiger partial charge is 0.0845 e. The van der Waals surface area contributed by atoms with Gasteiger partial charge in [0, 0.05) is 12.0 Å². The minimum Gasteiger partial charge on any atom is -0.388 e. The Kier molecular flexibility index (Phi) is 5.09. The first-order valence-corrected chi connectivity index (χ1v) is 7.45. The van der Waals surface area contributed by atoms with E-state index in [9.17, 15) is 5.11 Å². The molecule has 20 heavy (non-hydrogen) atoms. The molecule has 0 aromatic heterocycles. The Morgan fingerprint density at radius 3 is 2.25 bits per heavy atom. The van der Waals surface area contributed by atoms with Crippen molar-refractivity contribution in [1.82, 2.24) is 0 Å². The molecule has 0 heterocycles. The lowest BCUT2D eigenvalue weighted by molar-refractivity contribution is 0.178. The lowest BCUT2D eigenvalue weighted by Gasteiger charge is -2.14. The molecular weight excluding hydrogens is 291 g/mol. The van der Waals surface area contributed by atoms with Gasteiger partial charge < -0.3 is 5.11 Å². The fourth-order valence-corrected chi connectivity index (χ4v) is 2.58. The van der Waals surface area contributed by atoms with Crippen LogP contribution in [0.1, 0.15) is 42.6 Å². The number of rotatable bonds is 4. The number of aliphatic hydroxyl groups is 1. The van der Waals surface area contributed by atoms with Crippen molar-refractivity contribution in [3.05, 3.63) is 69.2 Å². The Morgan fingerprint density at radius 2 is 1.65 bits per heavy atom. The SMILES string of the molecule is CC(C)c1ccc(CC(O)c2cccc(Cl)c2Cl)cc1. The average molecular weight is 309 g/mol. The molecule has 1 nitrogen and oxygen atoms in total. The van der Waals surface area contributed by atoms with Gasteiger partial charge in [0.2, 0.25) is 0 Å². The van der Waals surface area contributed by atoms with E-state index in [-0.39, 0.29) is 0 Å². The van der Waals surface area contributed by atoms with Gasteiger partial charge in [0.1, 0.15) is 0 Å². The summed E-state index contributed by atoms with van der Waals surface area (Å²) in [6, 6.07) is 13.6. The van der Waals surface area contributed by atoms with Crippen LogP contribution in [0.5, 0.6) is 0 Å². The molecule has 2 aromatic rings. The quantitative estimate of drug-likeness (QED) is 0.802. The zero-order valence-corrected chi connectivity index (χ0v) is 13.1. The third-order valence-corrected chi connectivity index (χ3v) is 4.25. The van der Waals surface area contributed by atoms with Gasteiger partial charge in [-0.15, -0.1) is 0 Å². The van der Waals surface area contributed by atoms with Crippen LogP contribution in [0.3, 0.4) is 0 Å². The molecule has 0 fully saturated rings. The van der Waals surface area contributed by atoms with Gasteiger partial charge in [0.05, 0.1) is 16.1 Å². The summed E-state index contributed by atoms with van der Waals surface area (Å²) in [4.78, 5) is 0. The second-order valence-corrected chi connectivity index (χ2v) is 6.04. The molecule has 3 heteroatoms. The van der Waals surface area contributed by atoms with Crippen molar-refractivity contribution in [2.45, 2.75) is 32.3 Å². The van der Waals surface area contributed by atoms with Gasteiger partial charge in [-0.3, -0.25) is 0 Å². The van der Waals surface area contributed by atoms with Gasteiger partial charge in [-0.25, -0.2) is 0 Å². The molecule has 0 bridgehead atoms. The molecule has 2 aromatic carbocycles. The van der Waals surface area contributed by atoms with Crippen LogP contribution < -0.4 is 0 Å². The Balaban J connectivity index is 2.15. The zero-order valence-electron chi connectivity index (χ0n) is 11.6. The molecule has 106 valence electrons. The van der Waals surface area contributed by atoms with E-state index in [4.69, 9.17) is 23.2 Å². The molecule has 0 saturated heterocycles. The van der Waals surface area contributed by atoms with Crippen LogP contribution in [0.4, 0.5) is 0 Å². The van der Waals surface area contributed by atoms with Crippen LogP contribution in [0, 0.1) is 0 Å². The van der Waals surface area contributed by atoms with Gasteiger partial charge in [-0.2, -0.15) is 0 Å². The molecule has 0 amide bonds. The monoisotopic (exact) mass is 308 g/mol. The Labute approximate surface area is 130 Å². The fourth-order valence-electron chi connectivity index (χ4n) is 2.15. The number of hydrogen-bond acceptors (Lipinski definition) is 1. The molecule has 2 rings (SSSR count). The summed E-state index contributed by atoms with van der Waals surface area (Å²) in [5.74, 6) is 0.511. The summed E-state index contributed by atoms with van der Waals surface area (Å²) in [5, 5.41) is 11.2. The molecule has 0 aliphatic rings. The topological polar surface area (TPSA) is 20.2 Å². The molecule has 0 aliphatic heterocycles. The molecule has 0 spiro atoms. The maximum Gasteiger partial charge on any atom is 0.0845 e. The van der Waals surface area contributed by atoms with E-state index in [1.807, 2.05) is 0 Å². The molecule has 0 saturated carbocycles. The average Bonchev–Trinajstić information content (AvgIpc) is 2.42. The van der Waals surface area contributed by atoms with Crippen LogP contribution >= 0.6 is 23.2 Å². The van der Waals surface area contributed by atoms with Crippen molar-refractivity contribution in [2.24, 2.45) is 0 Å². The van der Waals surface area contributed by atoms with Crippen molar-refractivity contribution in [3.63, 3.8) is 0 Å². The van der Waals surface area contributed by atoms with Crippen molar-refractivity contribution in [1.29, 1.82) is 0 Å². The summed E-state index contributed by atoms with van der Waals surface area (Å²) in [6.45, 7) is 4.32. The van der Waals surface area contributed by atoms with Crippen molar-refractivity contribution in [2.75, 3.05) is 0 Å². The second kappa shape index (κ2) is 6.62. The number of halogens is 2. The summed E-state index contributed by atoms with van der Waals surface area (Å²) >= 11 is 12.1. The Hall–Kier alpha value is -1.02. The standard InChI is InChI=1S/C17H18Cl2O/c1-11(2)13-8-6-12(7-9-13)10-16(20)14-4-3-5-15(18)17(14)19/h3-9,11,16,20H,10H2,1-2H3. The van der Waals surface area contributed by atoms with E-state index in [0.29, 0.717) is 27.9 Å². The summed E-state index contributed by atoms with van der Waals surface area (Å²) in [7, 11) is 0. The predicted molar refractivity (Wildman–Crippen MR) is 85.7 cm³/mol. The van der Waals surface area contributed by atoms with E-state index >= 15 is 0 Å². The number of hydrogen-bond donors (Lipinski definition) is 1. The van der Waals surface area contributed by atoms with E-state index in [1.165, 1.54) is 5.56 Å². The molecule has 1 unspecified atom stereocenters. The lowest BCUT2D eigenvalue weighted by Crippen LogP contribution is -2.03. The maximum atomic E-state index is 10.3. The van der Waals surface area contributed by atoms with Crippen molar-refractivity contribution < 1.29 is 5.11 Å². The first-order chi connectivity index (χ1) is 9.49. The van der Waals surface area contributed by atoms with Gasteiger partial charge >= 0.3 is 0 Å². The minimum absolute atomic E-state index is 0.431. The first kappa shape index (κ1) is 15.4. The van der Waals surface area contributed by atoms with Crippen LogP contribution in [0.25, 0.3) is 0 Å². The van der Waals surface area contributed by atoms with Crippen molar-refractivity contribution >= 4 is 23.2 Å². The van der Waals surface area contributed by atoms with Crippen LogP contribution in [0.15, 0.2) is 42.5 Å². The van der Waals surface area contributed by atoms with Crippen LogP contribution in [-0.2, 0) is 6.42 Å². The van der Waals surface area contributed by atoms with E-state index < -0.39 is 6.10 Å². The molecule has 1 atom stereocenters. The Morgan fingerprint density at radius 1 is 1.00 bits per heavy atom. The lowest BCUT2D eigenvalue weighted by atomic mass is 9.97. The minimum atomic E-state index is -0.647. The predicted octanol–water partition coefficient (Wildman–Crippen LogP) is 5.39. The summed E-state index contributed by atoms with van der Waals surface area (Å²) in [5.41, 5.74) is 3.05.